The highest BCUT2D eigenvalue weighted by atomic mass is 32.1. The number of Topliss-reactive ketones (excluding diaryl/α,β-unsaturated/α-hetero) is 1. The Kier molecular flexibility index (Phi) is 5.49. The lowest BCUT2D eigenvalue weighted by Gasteiger charge is -1.83. The van der Waals surface area contributed by atoms with Gasteiger partial charge in [-0.05, 0) is 0 Å². The van der Waals surface area contributed by atoms with Crippen LogP contribution in [0.3, 0.4) is 0 Å². The summed E-state index contributed by atoms with van der Waals surface area (Å²) in [5, 5.41) is 10.7. The van der Waals surface area contributed by atoms with Crippen LogP contribution < -0.4 is 0 Å². The molecule has 0 fully saturated rings. The fourth-order valence-corrected chi connectivity index (χ4v) is 1.25. The topological polar surface area (TPSA) is 50.2 Å². The molecule has 68 valence electrons. The predicted molar refractivity (Wildman–Crippen MR) is 49.4 cm³/mol. The second-order valence-electron chi connectivity index (χ2n) is 1.86. The normalized spacial score (nSPS) is 8.67. The molecule has 12 heavy (non-hydrogen) atoms. The van der Waals surface area contributed by atoms with E-state index in [0.29, 0.717) is 10.7 Å². The second-order valence-corrected chi connectivity index (χ2v) is 2.72. The van der Waals surface area contributed by atoms with Gasteiger partial charge in [-0.15, -0.1) is 11.3 Å². The number of aromatic nitrogens is 1. The Bertz CT molecular complexity index is 245. The second kappa shape index (κ2) is 5.85. The number of hydrogen-bond acceptors (Lipinski definition) is 4. The van der Waals surface area contributed by atoms with E-state index in [4.69, 9.17) is 5.11 Å². The third-order valence-electron chi connectivity index (χ3n) is 1.01. The van der Waals surface area contributed by atoms with Gasteiger partial charge >= 0.3 is 0 Å². The third-order valence-corrected chi connectivity index (χ3v) is 2.01. The highest BCUT2D eigenvalue weighted by Crippen LogP contribution is 2.09. The minimum atomic E-state index is -0.0935. The van der Waals surface area contributed by atoms with Gasteiger partial charge in [0.2, 0.25) is 0 Å². The van der Waals surface area contributed by atoms with Gasteiger partial charge < -0.3 is 5.11 Å². The van der Waals surface area contributed by atoms with Crippen molar-refractivity contribution in [2.24, 2.45) is 0 Å². The van der Waals surface area contributed by atoms with Gasteiger partial charge in [0.15, 0.2) is 10.8 Å². The molecule has 1 N–H and O–H groups in total. The van der Waals surface area contributed by atoms with Crippen LogP contribution in [-0.2, 0) is 6.61 Å². The number of thiazole rings is 1. The lowest BCUT2D eigenvalue weighted by atomic mass is 10.5. The summed E-state index contributed by atoms with van der Waals surface area (Å²) < 4.78 is 0. The fourth-order valence-electron chi connectivity index (χ4n) is 0.541. The van der Waals surface area contributed by atoms with Crippen LogP contribution in [0, 0.1) is 0 Å². The van der Waals surface area contributed by atoms with E-state index in [1.807, 2.05) is 13.8 Å². The van der Waals surface area contributed by atoms with Crippen LogP contribution in [0.15, 0.2) is 5.38 Å². The zero-order chi connectivity index (χ0) is 9.56. The number of nitrogens with zero attached hydrogens (tertiary/aromatic N) is 1. The number of ketones is 1. The molecule has 0 bridgehead atoms. The Morgan fingerprint density at radius 2 is 2.25 bits per heavy atom. The molecule has 3 nitrogen and oxygen atoms in total. The van der Waals surface area contributed by atoms with E-state index in [1.165, 1.54) is 18.3 Å². The maximum absolute atomic E-state index is 10.6. The van der Waals surface area contributed by atoms with Crippen molar-refractivity contribution in [3.8, 4) is 0 Å². The average Bonchev–Trinajstić information content (AvgIpc) is 2.55. The monoisotopic (exact) mass is 187 g/mol. The van der Waals surface area contributed by atoms with Crippen molar-refractivity contribution in [1.82, 2.24) is 4.98 Å². The maximum Gasteiger partial charge on any atom is 0.188 e. The average molecular weight is 187 g/mol. The van der Waals surface area contributed by atoms with Crippen molar-refractivity contribution < 1.29 is 9.90 Å². The molecule has 0 radical (unpaired) electrons. The van der Waals surface area contributed by atoms with Crippen LogP contribution in [0.1, 0.15) is 36.3 Å². The molecule has 0 aromatic carbocycles. The van der Waals surface area contributed by atoms with Gasteiger partial charge in [0.1, 0.15) is 0 Å². The summed E-state index contributed by atoms with van der Waals surface area (Å²) in [5.74, 6) is -0.0512. The summed E-state index contributed by atoms with van der Waals surface area (Å²) in [6.07, 6.45) is 0. The van der Waals surface area contributed by atoms with Gasteiger partial charge in [0.05, 0.1) is 12.3 Å². The molecular weight excluding hydrogens is 174 g/mol. The van der Waals surface area contributed by atoms with Gasteiger partial charge in [-0.3, -0.25) is 4.79 Å². The molecule has 0 aliphatic heterocycles. The zero-order valence-corrected chi connectivity index (χ0v) is 8.31. The van der Waals surface area contributed by atoms with Crippen LogP contribution in [0.25, 0.3) is 0 Å². The molecule has 0 saturated carbocycles. The lowest BCUT2D eigenvalue weighted by molar-refractivity contribution is 0.101. The fraction of sp³-hybridized carbons (Fsp3) is 0.500. The minimum Gasteiger partial charge on any atom is -0.390 e. The number of aliphatic hydroxyl groups is 1. The Morgan fingerprint density at radius 1 is 1.67 bits per heavy atom. The lowest BCUT2D eigenvalue weighted by Crippen LogP contribution is -1.91. The zero-order valence-electron chi connectivity index (χ0n) is 7.50. The minimum absolute atomic E-state index is 0.0512. The van der Waals surface area contributed by atoms with E-state index >= 15 is 0 Å². The summed E-state index contributed by atoms with van der Waals surface area (Å²) in [7, 11) is 0. The van der Waals surface area contributed by atoms with Crippen molar-refractivity contribution in [2.75, 3.05) is 0 Å². The Balaban J connectivity index is 0.000000561. The van der Waals surface area contributed by atoms with E-state index in [9.17, 15) is 4.79 Å². The molecule has 0 unspecified atom stereocenters. The molecule has 0 saturated heterocycles. The standard InChI is InChI=1S/C6H7NO2S.C2H6/c1-4(9)6-7-5(2-8)3-10-6;1-2/h3,8H,2H2,1H3;1-2H3. The Labute approximate surface area is 76.1 Å². The summed E-state index contributed by atoms with van der Waals surface area (Å²) >= 11 is 1.26. The van der Waals surface area contributed by atoms with Crippen LogP contribution >= 0.6 is 11.3 Å². The number of carbonyl (C=O) groups is 1. The molecule has 1 aromatic rings. The highest BCUT2D eigenvalue weighted by molar-refractivity contribution is 7.11. The van der Waals surface area contributed by atoms with Crippen LogP contribution in [0.5, 0.6) is 0 Å². The van der Waals surface area contributed by atoms with E-state index in [1.54, 1.807) is 5.38 Å². The van der Waals surface area contributed by atoms with E-state index < -0.39 is 0 Å². The Morgan fingerprint density at radius 3 is 2.50 bits per heavy atom. The summed E-state index contributed by atoms with van der Waals surface area (Å²) in [6, 6.07) is 0. The first-order valence-electron chi connectivity index (χ1n) is 3.80. The summed E-state index contributed by atoms with van der Waals surface area (Å²) in [6.45, 7) is 5.36. The van der Waals surface area contributed by atoms with E-state index in [2.05, 4.69) is 4.98 Å². The van der Waals surface area contributed by atoms with Crippen molar-refractivity contribution >= 4 is 17.1 Å². The largest absolute Gasteiger partial charge is 0.390 e. The molecule has 1 aromatic heterocycles. The maximum atomic E-state index is 10.6. The molecule has 4 heteroatoms. The summed E-state index contributed by atoms with van der Waals surface area (Å²) in [4.78, 5) is 14.5. The first-order chi connectivity index (χ1) is 5.74. The van der Waals surface area contributed by atoms with Crippen LogP contribution in [-0.4, -0.2) is 15.9 Å². The molecule has 0 aliphatic carbocycles. The number of carbonyl (C=O) groups excluding carboxylic acids is 1. The molecule has 0 aliphatic rings. The van der Waals surface area contributed by atoms with Gasteiger partial charge in [0, 0.05) is 12.3 Å². The summed E-state index contributed by atoms with van der Waals surface area (Å²) in [5.41, 5.74) is 0.565. The first kappa shape index (κ1) is 11.3. The smallest absolute Gasteiger partial charge is 0.188 e. The SMILES string of the molecule is CC.CC(=O)c1nc(CO)cs1. The van der Waals surface area contributed by atoms with E-state index in [0.717, 1.165) is 0 Å². The third kappa shape index (κ3) is 3.11. The van der Waals surface area contributed by atoms with Gasteiger partial charge in [-0.25, -0.2) is 4.98 Å². The molecule has 0 amide bonds. The van der Waals surface area contributed by atoms with Crippen molar-refractivity contribution in [3.05, 3.63) is 16.1 Å². The first-order valence-corrected chi connectivity index (χ1v) is 4.68. The van der Waals surface area contributed by atoms with Gasteiger partial charge in [0.25, 0.3) is 0 Å². The van der Waals surface area contributed by atoms with Crippen LogP contribution in [0.2, 0.25) is 0 Å². The molecule has 0 spiro atoms. The predicted octanol–water partition coefficient (Wildman–Crippen LogP) is 1.86. The molecule has 1 heterocycles. The number of aliphatic hydroxyl groups excluding tert-OH is 1. The van der Waals surface area contributed by atoms with Crippen LogP contribution in [0.4, 0.5) is 0 Å². The number of hydrogen-bond donors (Lipinski definition) is 1. The van der Waals surface area contributed by atoms with Crippen molar-refractivity contribution in [2.45, 2.75) is 27.4 Å². The highest BCUT2D eigenvalue weighted by Gasteiger charge is 2.03. The van der Waals surface area contributed by atoms with Crippen molar-refractivity contribution in [1.29, 1.82) is 0 Å². The van der Waals surface area contributed by atoms with Crippen molar-refractivity contribution in [3.63, 3.8) is 0 Å². The molecular formula is C8H13NO2S. The molecule has 1 rings (SSSR count). The Hall–Kier alpha value is -0.740. The number of rotatable bonds is 2. The molecule has 0 atom stereocenters. The van der Waals surface area contributed by atoms with Gasteiger partial charge in [-0.2, -0.15) is 0 Å². The van der Waals surface area contributed by atoms with E-state index in [-0.39, 0.29) is 12.4 Å². The quantitative estimate of drug-likeness (QED) is 0.719. The van der Waals surface area contributed by atoms with Gasteiger partial charge in [-0.1, -0.05) is 13.8 Å².